The van der Waals surface area contributed by atoms with Gasteiger partial charge >= 0.3 is 0 Å². The van der Waals surface area contributed by atoms with Crippen LogP contribution in [-0.2, 0) is 0 Å². The number of fused-ring (bicyclic) bond motifs is 1. The molecule has 0 N–H and O–H groups in total. The molecule has 1 heteroatoms. The molecular formula is C15H26Si. The molecule has 0 nitrogen and oxygen atoms in total. The number of allylic oxidation sites excluding steroid dienone is 3. The van der Waals surface area contributed by atoms with Crippen molar-refractivity contribution in [2.45, 2.75) is 58.2 Å². The lowest BCUT2D eigenvalue weighted by Gasteiger charge is -2.34. The zero-order valence-corrected chi connectivity index (χ0v) is 12.1. The maximum Gasteiger partial charge on any atom is 0.0683 e. The minimum absolute atomic E-state index is 0.797. The van der Waals surface area contributed by atoms with E-state index in [1.807, 2.05) is 0 Å². The molecule has 0 amide bonds. The third-order valence-electron chi connectivity index (χ3n) is 3.93. The molecule has 1 saturated carbocycles. The number of hydrogen-bond acceptors (Lipinski definition) is 0. The van der Waals surface area contributed by atoms with E-state index < -0.39 is 8.07 Å². The lowest BCUT2D eigenvalue weighted by molar-refractivity contribution is 0.364. The average molecular weight is 234 g/mol. The van der Waals surface area contributed by atoms with Gasteiger partial charge in [0, 0.05) is 0 Å². The van der Waals surface area contributed by atoms with Gasteiger partial charge < -0.3 is 0 Å². The largest absolute Gasteiger partial charge is 0.0983 e. The summed E-state index contributed by atoms with van der Waals surface area (Å²) in [5, 5.41) is 0. The molecule has 2 atom stereocenters. The van der Waals surface area contributed by atoms with Crippen LogP contribution in [0.2, 0.25) is 19.6 Å². The summed E-state index contributed by atoms with van der Waals surface area (Å²) < 4.78 is 0. The molecule has 0 saturated heterocycles. The summed E-state index contributed by atoms with van der Waals surface area (Å²) in [6.07, 6.45) is 13.7. The second-order valence-electron chi connectivity index (χ2n) is 6.59. The van der Waals surface area contributed by atoms with Gasteiger partial charge in [-0.1, -0.05) is 49.5 Å². The van der Waals surface area contributed by atoms with Crippen LogP contribution in [0.4, 0.5) is 0 Å². The normalized spacial score (nSPS) is 31.3. The Kier molecular flexibility index (Phi) is 3.73. The maximum atomic E-state index is 2.56. The molecule has 2 unspecified atom stereocenters. The molecule has 0 heterocycles. The van der Waals surface area contributed by atoms with Gasteiger partial charge in [-0.3, -0.25) is 0 Å². The summed E-state index contributed by atoms with van der Waals surface area (Å²) in [5.41, 5.74) is 4.35. The summed E-state index contributed by atoms with van der Waals surface area (Å²) in [7, 11) is -1.01. The minimum Gasteiger partial charge on any atom is -0.0983 e. The van der Waals surface area contributed by atoms with E-state index in [0.29, 0.717) is 0 Å². The van der Waals surface area contributed by atoms with Crippen molar-refractivity contribution < 1.29 is 0 Å². The van der Waals surface area contributed by atoms with Gasteiger partial charge in [-0.15, -0.1) is 0 Å². The molecule has 0 bridgehead atoms. The summed E-state index contributed by atoms with van der Waals surface area (Å²) >= 11 is 0. The molecule has 0 radical (unpaired) electrons. The quantitative estimate of drug-likeness (QED) is 0.468. The van der Waals surface area contributed by atoms with Crippen molar-refractivity contribution in [2.24, 2.45) is 11.8 Å². The topological polar surface area (TPSA) is 0 Å². The van der Waals surface area contributed by atoms with Gasteiger partial charge in [-0.05, 0) is 43.9 Å². The van der Waals surface area contributed by atoms with Crippen molar-refractivity contribution >= 4 is 8.07 Å². The Morgan fingerprint density at radius 2 is 1.88 bits per heavy atom. The van der Waals surface area contributed by atoms with Crippen molar-refractivity contribution in [1.29, 1.82) is 0 Å². The monoisotopic (exact) mass is 234 g/mol. The predicted molar refractivity (Wildman–Crippen MR) is 75.3 cm³/mol. The van der Waals surface area contributed by atoms with Crippen LogP contribution in [0.5, 0.6) is 0 Å². The molecule has 0 aliphatic heterocycles. The van der Waals surface area contributed by atoms with Gasteiger partial charge in [0.15, 0.2) is 0 Å². The highest BCUT2D eigenvalue weighted by atomic mass is 28.3. The van der Waals surface area contributed by atoms with Crippen LogP contribution in [0.25, 0.3) is 0 Å². The van der Waals surface area contributed by atoms with Crippen molar-refractivity contribution in [3.63, 3.8) is 0 Å². The summed E-state index contributed by atoms with van der Waals surface area (Å²) in [4.78, 5) is 0. The molecule has 1 fully saturated rings. The first-order chi connectivity index (χ1) is 7.56. The number of rotatable bonds is 2. The smallest absolute Gasteiger partial charge is 0.0683 e. The predicted octanol–water partition coefficient (Wildman–Crippen LogP) is 4.95. The Balaban J connectivity index is 2.08. The first-order valence-electron chi connectivity index (χ1n) is 6.95. The van der Waals surface area contributed by atoms with Gasteiger partial charge in [0.25, 0.3) is 0 Å². The second kappa shape index (κ2) is 4.91. The summed E-state index contributed by atoms with van der Waals surface area (Å²) in [6, 6.07) is 0. The molecule has 2 aliphatic rings. The van der Waals surface area contributed by atoms with Crippen LogP contribution in [0.3, 0.4) is 0 Å². The van der Waals surface area contributed by atoms with Gasteiger partial charge in [0.2, 0.25) is 0 Å². The van der Waals surface area contributed by atoms with Crippen molar-refractivity contribution in [3.05, 3.63) is 23.4 Å². The molecule has 0 spiro atoms. The fraction of sp³-hybridized carbons (Fsp3) is 0.733. The first-order valence-corrected chi connectivity index (χ1v) is 10.5. The van der Waals surface area contributed by atoms with Crippen molar-refractivity contribution in [2.75, 3.05) is 0 Å². The average Bonchev–Trinajstić information content (AvgIpc) is 2.25. The van der Waals surface area contributed by atoms with Crippen LogP contribution in [-0.4, -0.2) is 8.07 Å². The third-order valence-corrected chi connectivity index (χ3v) is 5.13. The molecule has 2 rings (SSSR count). The Morgan fingerprint density at radius 1 is 1.12 bits per heavy atom. The van der Waals surface area contributed by atoms with Crippen LogP contribution in [0.1, 0.15) is 38.5 Å². The maximum absolute atomic E-state index is 2.56. The fourth-order valence-corrected chi connectivity index (χ4v) is 3.90. The van der Waals surface area contributed by atoms with Crippen molar-refractivity contribution in [3.8, 4) is 0 Å². The fourth-order valence-electron chi connectivity index (χ4n) is 3.09. The van der Waals surface area contributed by atoms with Crippen molar-refractivity contribution in [1.82, 2.24) is 0 Å². The summed E-state index contributed by atoms with van der Waals surface area (Å²) in [6.45, 7) is 7.29. The molecule has 2 aliphatic carbocycles. The highest BCUT2D eigenvalue weighted by Crippen LogP contribution is 2.40. The SMILES string of the molecule is C[Si](C)(C)/C=C/C1CCCC2CCCC=C12. The molecule has 0 aromatic rings. The van der Waals surface area contributed by atoms with E-state index in [1.54, 1.807) is 5.57 Å². The van der Waals surface area contributed by atoms with Gasteiger partial charge in [-0.25, -0.2) is 0 Å². The first kappa shape index (κ1) is 12.2. The van der Waals surface area contributed by atoms with Crippen LogP contribution >= 0.6 is 0 Å². The minimum atomic E-state index is -1.01. The van der Waals surface area contributed by atoms with Crippen LogP contribution in [0.15, 0.2) is 23.4 Å². The Hall–Kier alpha value is -0.303. The molecule has 0 aromatic heterocycles. The second-order valence-corrected chi connectivity index (χ2v) is 11.7. The van der Waals surface area contributed by atoms with E-state index in [1.165, 1.54) is 38.5 Å². The lowest BCUT2D eigenvalue weighted by Crippen LogP contribution is -2.22. The Labute approximate surface area is 102 Å². The van der Waals surface area contributed by atoms with E-state index in [9.17, 15) is 0 Å². The molecule has 16 heavy (non-hydrogen) atoms. The Morgan fingerprint density at radius 3 is 2.62 bits per heavy atom. The third kappa shape index (κ3) is 3.10. The zero-order valence-electron chi connectivity index (χ0n) is 11.1. The number of hydrogen-bond donors (Lipinski definition) is 0. The van der Waals surface area contributed by atoms with E-state index >= 15 is 0 Å². The highest BCUT2D eigenvalue weighted by molar-refractivity contribution is 6.80. The lowest BCUT2D eigenvalue weighted by atomic mass is 9.72. The standard InChI is InChI=1S/C15H26Si/c1-16(2,3)12-11-14-9-6-8-13-7-4-5-10-15(13)14/h10-14H,4-9H2,1-3H3/b12-11+. The van der Waals surface area contributed by atoms with E-state index in [2.05, 4.69) is 37.5 Å². The van der Waals surface area contributed by atoms with Crippen LogP contribution < -0.4 is 0 Å². The van der Waals surface area contributed by atoms with E-state index in [4.69, 9.17) is 0 Å². The van der Waals surface area contributed by atoms with Gasteiger partial charge in [0.1, 0.15) is 0 Å². The molecule has 90 valence electrons. The van der Waals surface area contributed by atoms with Gasteiger partial charge in [-0.2, -0.15) is 0 Å². The molecular weight excluding hydrogens is 208 g/mol. The molecule has 0 aromatic carbocycles. The van der Waals surface area contributed by atoms with E-state index in [-0.39, 0.29) is 0 Å². The Bertz CT molecular complexity index is 293. The summed E-state index contributed by atoms with van der Waals surface area (Å²) in [5.74, 6) is 1.74. The highest BCUT2D eigenvalue weighted by Gasteiger charge is 2.27. The van der Waals surface area contributed by atoms with E-state index in [0.717, 1.165) is 11.8 Å². The van der Waals surface area contributed by atoms with Gasteiger partial charge in [0.05, 0.1) is 8.07 Å². The van der Waals surface area contributed by atoms with Crippen LogP contribution in [0, 0.1) is 11.8 Å². The zero-order chi connectivity index (χ0) is 11.6.